The Hall–Kier alpha value is -2.94. The maximum absolute atomic E-state index is 12.6. The van der Waals surface area contributed by atoms with Crippen molar-refractivity contribution in [1.82, 2.24) is 15.2 Å². The van der Waals surface area contributed by atoms with Crippen LogP contribution in [-0.4, -0.2) is 59.8 Å². The van der Waals surface area contributed by atoms with E-state index in [-0.39, 0.29) is 24.1 Å². The lowest BCUT2D eigenvalue weighted by atomic mass is 10.2. The first-order chi connectivity index (χ1) is 14.1. The molecule has 1 aromatic carbocycles. The van der Waals surface area contributed by atoms with E-state index in [0.29, 0.717) is 36.8 Å². The van der Waals surface area contributed by atoms with Gasteiger partial charge >= 0.3 is 0 Å². The summed E-state index contributed by atoms with van der Waals surface area (Å²) in [5, 5.41) is 7.60. The molecule has 0 bridgehead atoms. The van der Waals surface area contributed by atoms with Crippen LogP contribution in [0, 0.1) is 0 Å². The Kier molecular flexibility index (Phi) is 5.75. The van der Waals surface area contributed by atoms with Gasteiger partial charge in [0.1, 0.15) is 6.04 Å². The van der Waals surface area contributed by atoms with Crippen LogP contribution < -0.4 is 15.5 Å². The van der Waals surface area contributed by atoms with E-state index in [9.17, 15) is 14.4 Å². The maximum Gasteiger partial charge on any atom is 0.248 e. The Labute approximate surface area is 172 Å². The molecule has 2 aliphatic rings. The molecule has 1 atom stereocenters. The molecule has 2 fully saturated rings. The average Bonchev–Trinajstić information content (AvgIpc) is 3.37. The van der Waals surface area contributed by atoms with E-state index in [4.69, 9.17) is 0 Å². The number of para-hydroxylation sites is 1. The highest BCUT2D eigenvalue weighted by atomic mass is 32.1. The third-order valence-electron chi connectivity index (χ3n) is 5.18. The molecule has 3 amide bonds. The molecule has 152 valence electrons. The number of hydrogen-bond acceptors (Lipinski definition) is 6. The lowest BCUT2D eigenvalue weighted by molar-refractivity contribution is -0.130. The van der Waals surface area contributed by atoms with Crippen LogP contribution in [0.15, 0.2) is 35.7 Å². The van der Waals surface area contributed by atoms with Crippen LogP contribution in [0.2, 0.25) is 0 Å². The Balaban J connectivity index is 1.26. The minimum atomic E-state index is -0.502. The highest BCUT2D eigenvalue weighted by Gasteiger charge is 2.28. The second-order valence-electron chi connectivity index (χ2n) is 7.17. The maximum atomic E-state index is 12.6. The van der Waals surface area contributed by atoms with E-state index in [1.165, 1.54) is 17.0 Å². The number of piperazine rings is 1. The van der Waals surface area contributed by atoms with Gasteiger partial charge in [-0.25, -0.2) is 4.98 Å². The van der Waals surface area contributed by atoms with E-state index in [1.807, 2.05) is 23.1 Å². The minimum absolute atomic E-state index is 0.0453. The molecular weight excluding hydrogens is 390 g/mol. The molecular formula is C20H23N5O3S. The monoisotopic (exact) mass is 413 g/mol. The SMILES string of the molecule is O=C1CC[C@@H](C(=O)Nc2nc(CC(=O)N3CCN(c4ccccc4)CC3)cs2)N1. The fraction of sp³-hybridized carbons (Fsp3) is 0.400. The van der Waals surface area contributed by atoms with Crippen LogP contribution in [0.3, 0.4) is 0 Å². The van der Waals surface area contributed by atoms with Crippen molar-refractivity contribution in [2.75, 3.05) is 36.4 Å². The topological polar surface area (TPSA) is 94.6 Å². The summed E-state index contributed by atoms with van der Waals surface area (Å²) in [6.45, 7) is 2.98. The van der Waals surface area contributed by atoms with Gasteiger partial charge in [0.15, 0.2) is 5.13 Å². The lowest BCUT2D eigenvalue weighted by Gasteiger charge is -2.36. The normalized spacial score (nSPS) is 19.2. The van der Waals surface area contributed by atoms with Crippen molar-refractivity contribution in [3.05, 3.63) is 41.4 Å². The number of aromatic nitrogens is 1. The van der Waals surface area contributed by atoms with Crippen LogP contribution in [0.5, 0.6) is 0 Å². The predicted octanol–water partition coefficient (Wildman–Crippen LogP) is 1.25. The van der Waals surface area contributed by atoms with Gasteiger partial charge in [0, 0.05) is 43.7 Å². The molecule has 2 aromatic rings. The summed E-state index contributed by atoms with van der Waals surface area (Å²) in [5.74, 6) is -0.327. The van der Waals surface area contributed by atoms with Crippen molar-refractivity contribution < 1.29 is 14.4 Å². The quantitative estimate of drug-likeness (QED) is 0.769. The van der Waals surface area contributed by atoms with Gasteiger partial charge in [0.2, 0.25) is 17.7 Å². The minimum Gasteiger partial charge on any atom is -0.368 e. The van der Waals surface area contributed by atoms with E-state index in [2.05, 4.69) is 32.7 Å². The molecule has 2 saturated heterocycles. The Morgan fingerprint density at radius 2 is 1.93 bits per heavy atom. The van der Waals surface area contributed by atoms with E-state index in [1.54, 1.807) is 5.38 Å². The summed E-state index contributed by atoms with van der Waals surface area (Å²) < 4.78 is 0. The van der Waals surface area contributed by atoms with Crippen molar-refractivity contribution in [3.8, 4) is 0 Å². The van der Waals surface area contributed by atoms with Crippen molar-refractivity contribution in [1.29, 1.82) is 0 Å². The molecule has 8 nitrogen and oxygen atoms in total. The summed E-state index contributed by atoms with van der Waals surface area (Å²) in [6.07, 6.45) is 1.08. The van der Waals surface area contributed by atoms with Crippen molar-refractivity contribution in [3.63, 3.8) is 0 Å². The van der Waals surface area contributed by atoms with Crippen LogP contribution >= 0.6 is 11.3 Å². The molecule has 0 radical (unpaired) electrons. The van der Waals surface area contributed by atoms with E-state index >= 15 is 0 Å². The average molecular weight is 414 g/mol. The smallest absolute Gasteiger partial charge is 0.248 e. The van der Waals surface area contributed by atoms with Crippen molar-refractivity contribution >= 4 is 39.9 Å². The van der Waals surface area contributed by atoms with Gasteiger partial charge in [-0.2, -0.15) is 0 Å². The van der Waals surface area contributed by atoms with Crippen LogP contribution in [0.25, 0.3) is 0 Å². The zero-order chi connectivity index (χ0) is 20.2. The molecule has 0 saturated carbocycles. The fourth-order valence-corrected chi connectivity index (χ4v) is 4.28. The zero-order valence-electron chi connectivity index (χ0n) is 16.0. The van der Waals surface area contributed by atoms with Gasteiger partial charge in [0.05, 0.1) is 12.1 Å². The summed E-state index contributed by atoms with van der Waals surface area (Å²) in [4.78, 5) is 44.5. The number of thiazole rings is 1. The summed E-state index contributed by atoms with van der Waals surface area (Å²) in [6, 6.07) is 9.70. The van der Waals surface area contributed by atoms with Gasteiger partial charge in [0.25, 0.3) is 0 Å². The molecule has 3 heterocycles. The number of nitrogens with zero attached hydrogens (tertiary/aromatic N) is 3. The van der Waals surface area contributed by atoms with Gasteiger partial charge < -0.3 is 20.4 Å². The van der Waals surface area contributed by atoms with Gasteiger partial charge in [-0.15, -0.1) is 11.3 Å². The molecule has 0 spiro atoms. The van der Waals surface area contributed by atoms with Gasteiger partial charge in [-0.1, -0.05) is 18.2 Å². The molecule has 1 aromatic heterocycles. The lowest BCUT2D eigenvalue weighted by Crippen LogP contribution is -2.49. The Morgan fingerprint density at radius 1 is 1.17 bits per heavy atom. The number of benzene rings is 1. The second-order valence-corrected chi connectivity index (χ2v) is 8.03. The van der Waals surface area contributed by atoms with Crippen LogP contribution in [-0.2, 0) is 20.8 Å². The Morgan fingerprint density at radius 3 is 2.62 bits per heavy atom. The summed E-state index contributed by atoms with van der Waals surface area (Å²) in [5.41, 5.74) is 1.83. The molecule has 2 N–H and O–H groups in total. The predicted molar refractivity (Wildman–Crippen MR) is 111 cm³/mol. The van der Waals surface area contributed by atoms with Gasteiger partial charge in [-0.05, 0) is 18.6 Å². The summed E-state index contributed by atoms with van der Waals surface area (Å²) in [7, 11) is 0. The number of carbonyl (C=O) groups excluding carboxylic acids is 3. The molecule has 0 aliphatic carbocycles. The number of amides is 3. The standard InChI is InChI=1S/C20H23N5O3S/c26-17-7-6-16(22-17)19(28)23-20-21-14(13-29-20)12-18(27)25-10-8-24(9-11-25)15-4-2-1-3-5-15/h1-5,13,16H,6-12H2,(H,22,26)(H,21,23,28)/t16-/m0/s1. The third kappa shape index (κ3) is 4.73. The number of anilines is 2. The number of rotatable bonds is 5. The van der Waals surface area contributed by atoms with Crippen LogP contribution in [0.4, 0.5) is 10.8 Å². The Bertz CT molecular complexity index is 893. The molecule has 4 rings (SSSR count). The third-order valence-corrected chi connectivity index (χ3v) is 5.99. The summed E-state index contributed by atoms with van der Waals surface area (Å²) >= 11 is 1.29. The molecule has 0 unspecified atom stereocenters. The fourth-order valence-electron chi connectivity index (χ4n) is 3.57. The number of nitrogens with one attached hydrogen (secondary N) is 2. The molecule has 9 heteroatoms. The highest BCUT2D eigenvalue weighted by molar-refractivity contribution is 7.13. The van der Waals surface area contributed by atoms with Crippen molar-refractivity contribution in [2.24, 2.45) is 0 Å². The van der Waals surface area contributed by atoms with Crippen LogP contribution in [0.1, 0.15) is 18.5 Å². The zero-order valence-corrected chi connectivity index (χ0v) is 16.8. The molecule has 2 aliphatic heterocycles. The van der Waals surface area contributed by atoms with Crippen molar-refractivity contribution in [2.45, 2.75) is 25.3 Å². The largest absolute Gasteiger partial charge is 0.368 e. The number of hydrogen-bond donors (Lipinski definition) is 2. The number of carbonyl (C=O) groups is 3. The highest BCUT2D eigenvalue weighted by Crippen LogP contribution is 2.19. The first-order valence-electron chi connectivity index (χ1n) is 9.71. The first-order valence-corrected chi connectivity index (χ1v) is 10.6. The second kappa shape index (κ2) is 8.60. The first kappa shape index (κ1) is 19.4. The molecule has 29 heavy (non-hydrogen) atoms. The van der Waals surface area contributed by atoms with E-state index < -0.39 is 6.04 Å². The van der Waals surface area contributed by atoms with Gasteiger partial charge in [-0.3, -0.25) is 14.4 Å². The van der Waals surface area contributed by atoms with E-state index in [0.717, 1.165) is 13.1 Å².